The van der Waals surface area contributed by atoms with Gasteiger partial charge in [0.2, 0.25) is 0 Å². The lowest BCUT2D eigenvalue weighted by atomic mass is 9.93. The van der Waals surface area contributed by atoms with E-state index in [2.05, 4.69) is 39.7 Å². The highest BCUT2D eigenvalue weighted by Gasteiger charge is 2.21. The molecular formula is C25H29BrClN5O2. The molecule has 0 amide bonds. The van der Waals surface area contributed by atoms with Crippen molar-refractivity contribution in [3.05, 3.63) is 68.8 Å². The average Bonchev–Trinajstić information content (AvgIpc) is 2.78. The van der Waals surface area contributed by atoms with Crippen molar-refractivity contribution < 1.29 is 4.74 Å². The molecule has 3 heterocycles. The van der Waals surface area contributed by atoms with Crippen LogP contribution in [0.3, 0.4) is 0 Å². The van der Waals surface area contributed by atoms with Gasteiger partial charge in [0.15, 0.2) is 0 Å². The van der Waals surface area contributed by atoms with Crippen molar-refractivity contribution >= 4 is 55.0 Å². The van der Waals surface area contributed by atoms with Gasteiger partial charge < -0.3 is 20.8 Å². The third-order valence-corrected chi connectivity index (χ3v) is 6.42. The molecule has 4 rings (SSSR count). The Hall–Kier alpha value is -2.68. The first kappa shape index (κ1) is 25.9. The summed E-state index contributed by atoms with van der Waals surface area (Å²) in [7, 11) is 1.77. The predicted molar refractivity (Wildman–Crippen MR) is 143 cm³/mol. The molecular weight excluding hydrogens is 518 g/mol. The van der Waals surface area contributed by atoms with Crippen LogP contribution < -0.4 is 21.8 Å². The van der Waals surface area contributed by atoms with Gasteiger partial charge >= 0.3 is 0 Å². The van der Waals surface area contributed by atoms with Crippen LogP contribution >= 0.6 is 27.5 Å². The molecule has 4 aromatic rings. The van der Waals surface area contributed by atoms with Crippen molar-refractivity contribution in [3.8, 4) is 5.75 Å². The summed E-state index contributed by atoms with van der Waals surface area (Å²) in [6.07, 6.45) is 5.78. The van der Waals surface area contributed by atoms with Gasteiger partial charge in [-0.15, -0.1) is 0 Å². The summed E-state index contributed by atoms with van der Waals surface area (Å²) in [6.45, 7) is 6.74. The summed E-state index contributed by atoms with van der Waals surface area (Å²) in [5.41, 5.74) is 12.0. The fourth-order valence-electron chi connectivity index (χ4n) is 3.86. The second-order valence-corrected chi connectivity index (χ2v) is 10.3. The molecule has 3 aromatic heterocycles. The number of nitrogens with zero attached hydrogens (tertiary/aromatic N) is 3. The Labute approximate surface area is 212 Å². The number of nitrogen functional groups attached to an aromatic ring is 1. The normalized spacial score (nSPS) is 12.9. The molecule has 0 bridgehead atoms. The minimum atomic E-state index is -0.385. The van der Waals surface area contributed by atoms with Crippen LogP contribution in [0, 0.1) is 5.92 Å². The number of anilines is 1. The van der Waals surface area contributed by atoms with Crippen molar-refractivity contribution in [2.45, 2.75) is 32.7 Å². The van der Waals surface area contributed by atoms with E-state index in [1.165, 1.54) is 0 Å². The maximum Gasteiger partial charge on any atom is 0.260 e. The topological polar surface area (TPSA) is 109 Å². The summed E-state index contributed by atoms with van der Waals surface area (Å²) in [4.78, 5) is 20.4. The number of aromatic nitrogens is 3. The van der Waals surface area contributed by atoms with Gasteiger partial charge in [0, 0.05) is 48.7 Å². The van der Waals surface area contributed by atoms with E-state index in [9.17, 15) is 4.79 Å². The number of halogens is 2. The number of hydrogen-bond donors (Lipinski definition) is 2. The first-order valence-corrected chi connectivity index (χ1v) is 12.0. The lowest BCUT2D eigenvalue weighted by Crippen LogP contribution is -2.43. The van der Waals surface area contributed by atoms with Crippen LogP contribution in [0.4, 0.5) is 5.82 Å². The molecule has 0 radical (unpaired) electrons. The van der Waals surface area contributed by atoms with Gasteiger partial charge in [-0.25, -0.2) is 4.98 Å². The van der Waals surface area contributed by atoms with Gasteiger partial charge in [-0.3, -0.25) is 9.78 Å². The molecule has 0 aliphatic carbocycles. The Kier molecular flexibility index (Phi) is 8.17. The summed E-state index contributed by atoms with van der Waals surface area (Å²) in [6, 6.07) is 9.29. The van der Waals surface area contributed by atoms with Crippen LogP contribution in [0.2, 0.25) is 5.02 Å². The highest BCUT2D eigenvalue weighted by Crippen LogP contribution is 2.26. The van der Waals surface area contributed by atoms with Crippen LogP contribution in [0.15, 0.2) is 58.2 Å². The summed E-state index contributed by atoms with van der Waals surface area (Å²) in [5.74, 6) is 1.66. The Morgan fingerprint density at radius 1 is 1.18 bits per heavy atom. The number of benzene rings is 1. The van der Waals surface area contributed by atoms with Crippen LogP contribution in [-0.2, 0) is 7.05 Å². The molecule has 0 saturated carbocycles. The number of ether oxygens (including phenoxy) is 1. The molecule has 180 valence electrons. The fourth-order valence-corrected chi connectivity index (χ4v) is 4.24. The molecule has 1 atom stereocenters. The van der Waals surface area contributed by atoms with Crippen molar-refractivity contribution in [2.75, 3.05) is 12.3 Å². The highest BCUT2D eigenvalue weighted by atomic mass is 79.9. The van der Waals surface area contributed by atoms with Gasteiger partial charge in [-0.1, -0.05) is 25.4 Å². The van der Waals surface area contributed by atoms with E-state index in [0.717, 1.165) is 32.9 Å². The maximum absolute atomic E-state index is 12.6. The molecule has 0 saturated heterocycles. The first-order chi connectivity index (χ1) is 16.0. The Bertz CT molecular complexity index is 1370. The SMILES string of the molecule is CC(C)CC(C)(N)COc1ccc2c3ccncc3c(=O)n(C)c2c1.Nc1cc(Cl)c(Br)cn1. The number of pyridine rings is 3. The lowest BCUT2D eigenvalue weighted by molar-refractivity contribution is 0.207. The highest BCUT2D eigenvalue weighted by molar-refractivity contribution is 9.10. The lowest BCUT2D eigenvalue weighted by Gasteiger charge is -2.26. The van der Waals surface area contributed by atoms with Crippen molar-refractivity contribution in [1.82, 2.24) is 14.5 Å². The zero-order chi connectivity index (χ0) is 25.0. The largest absolute Gasteiger partial charge is 0.492 e. The predicted octanol–water partition coefficient (Wildman–Crippen LogP) is 5.31. The molecule has 9 heteroatoms. The average molecular weight is 547 g/mol. The van der Waals surface area contributed by atoms with E-state index in [4.69, 9.17) is 27.8 Å². The van der Waals surface area contributed by atoms with Gasteiger partial charge in [0.25, 0.3) is 5.56 Å². The quantitative estimate of drug-likeness (QED) is 0.328. The van der Waals surface area contributed by atoms with E-state index in [1.54, 1.807) is 36.3 Å². The zero-order valence-electron chi connectivity index (χ0n) is 19.7. The van der Waals surface area contributed by atoms with Crippen molar-refractivity contribution in [2.24, 2.45) is 18.7 Å². The molecule has 0 aliphatic heterocycles. The Morgan fingerprint density at radius 3 is 2.56 bits per heavy atom. The summed E-state index contributed by atoms with van der Waals surface area (Å²) in [5, 5.41) is 3.12. The minimum Gasteiger partial charge on any atom is -0.492 e. The second kappa shape index (κ2) is 10.7. The van der Waals surface area contributed by atoms with E-state index < -0.39 is 0 Å². The molecule has 1 aromatic carbocycles. The number of nitrogens with two attached hydrogens (primary N) is 2. The third-order valence-electron chi connectivity index (χ3n) is 5.25. The van der Waals surface area contributed by atoms with Gasteiger partial charge in [-0.05, 0) is 58.8 Å². The fraction of sp³-hybridized carbons (Fsp3) is 0.320. The second-order valence-electron chi connectivity index (χ2n) is 9.03. The number of fused-ring (bicyclic) bond motifs is 3. The first-order valence-electron chi connectivity index (χ1n) is 10.8. The molecule has 1 unspecified atom stereocenters. The molecule has 7 nitrogen and oxygen atoms in total. The van der Waals surface area contributed by atoms with Crippen LogP contribution in [-0.4, -0.2) is 26.7 Å². The van der Waals surface area contributed by atoms with E-state index in [-0.39, 0.29) is 11.1 Å². The standard InChI is InChI=1S/C20H25N3O2.C5H4BrClN2/c1-13(2)10-20(3,21)12-25-14-5-6-16-15-7-8-22-11-17(15)19(24)23(4)18(16)9-14;6-3-2-9-5(8)1-4(3)7/h5-9,11,13H,10,12,21H2,1-4H3;1-2H,(H2,8,9). The summed E-state index contributed by atoms with van der Waals surface area (Å²) < 4.78 is 8.34. The summed E-state index contributed by atoms with van der Waals surface area (Å²) >= 11 is 8.83. The third kappa shape index (κ3) is 6.25. The number of rotatable bonds is 5. The van der Waals surface area contributed by atoms with Gasteiger partial charge in [0.1, 0.15) is 18.2 Å². The zero-order valence-corrected chi connectivity index (χ0v) is 22.0. The molecule has 34 heavy (non-hydrogen) atoms. The molecule has 4 N–H and O–H groups in total. The Balaban J connectivity index is 0.000000302. The Morgan fingerprint density at radius 2 is 1.91 bits per heavy atom. The maximum atomic E-state index is 12.6. The van der Waals surface area contributed by atoms with Crippen LogP contribution in [0.25, 0.3) is 21.7 Å². The van der Waals surface area contributed by atoms with Gasteiger partial charge in [-0.2, -0.15) is 0 Å². The number of hydrogen-bond acceptors (Lipinski definition) is 6. The number of aryl methyl sites for hydroxylation is 1. The molecule has 0 fully saturated rings. The monoisotopic (exact) mass is 545 g/mol. The van der Waals surface area contributed by atoms with Crippen molar-refractivity contribution in [3.63, 3.8) is 0 Å². The van der Waals surface area contributed by atoms with Crippen LogP contribution in [0.1, 0.15) is 27.2 Å². The molecule has 0 spiro atoms. The smallest absolute Gasteiger partial charge is 0.260 e. The van der Waals surface area contributed by atoms with E-state index >= 15 is 0 Å². The van der Waals surface area contributed by atoms with Crippen LogP contribution in [0.5, 0.6) is 5.75 Å². The van der Waals surface area contributed by atoms with E-state index in [0.29, 0.717) is 28.8 Å². The van der Waals surface area contributed by atoms with E-state index in [1.807, 2.05) is 31.2 Å². The van der Waals surface area contributed by atoms with Crippen molar-refractivity contribution in [1.29, 1.82) is 0 Å². The molecule has 0 aliphatic rings. The minimum absolute atomic E-state index is 0.0591. The van der Waals surface area contributed by atoms with Gasteiger partial charge in [0.05, 0.1) is 20.4 Å².